The zero-order chi connectivity index (χ0) is 15.4. The monoisotopic (exact) mass is 294 g/mol. The fourth-order valence-electron chi connectivity index (χ4n) is 2.81. The smallest absolute Gasteiger partial charge is 0.343 e. The standard InChI is InChI=1S/C14H18N2O5/c17-9-11-5-1-2-7-15(11)8-10-4-3-6-12(16(20)21)13(10)14(18)19/h3-4,6,11,17H,1-2,5,7-9H2,(H,18,19). The first-order chi connectivity index (χ1) is 10.0. The number of nitro groups is 1. The highest BCUT2D eigenvalue weighted by Gasteiger charge is 2.27. The molecule has 1 fully saturated rings. The average molecular weight is 294 g/mol. The van der Waals surface area contributed by atoms with Crippen LogP contribution < -0.4 is 0 Å². The molecule has 0 aliphatic carbocycles. The molecular weight excluding hydrogens is 276 g/mol. The molecule has 2 N–H and O–H groups in total. The molecule has 1 unspecified atom stereocenters. The lowest BCUT2D eigenvalue weighted by Crippen LogP contribution is -2.41. The summed E-state index contributed by atoms with van der Waals surface area (Å²) >= 11 is 0. The van der Waals surface area contributed by atoms with Gasteiger partial charge in [0, 0.05) is 18.7 Å². The molecule has 0 radical (unpaired) electrons. The number of carbonyl (C=O) groups is 1. The van der Waals surface area contributed by atoms with Crippen molar-refractivity contribution in [3.63, 3.8) is 0 Å². The molecule has 1 saturated heterocycles. The highest BCUT2D eigenvalue weighted by molar-refractivity contribution is 5.94. The third kappa shape index (κ3) is 3.37. The van der Waals surface area contributed by atoms with Gasteiger partial charge in [-0.1, -0.05) is 18.6 Å². The van der Waals surface area contributed by atoms with E-state index in [4.69, 9.17) is 0 Å². The van der Waals surface area contributed by atoms with Crippen LogP contribution in [-0.2, 0) is 6.54 Å². The lowest BCUT2D eigenvalue weighted by molar-refractivity contribution is -0.385. The summed E-state index contributed by atoms with van der Waals surface area (Å²) in [5.41, 5.74) is -0.237. The molecule has 7 nitrogen and oxygen atoms in total. The number of aliphatic hydroxyl groups excluding tert-OH is 1. The van der Waals surface area contributed by atoms with Gasteiger partial charge in [0.05, 0.1) is 11.5 Å². The van der Waals surface area contributed by atoms with Gasteiger partial charge in [-0.15, -0.1) is 0 Å². The molecule has 0 spiro atoms. The third-order valence-electron chi connectivity index (χ3n) is 3.87. The van der Waals surface area contributed by atoms with E-state index in [0.29, 0.717) is 12.1 Å². The third-order valence-corrected chi connectivity index (χ3v) is 3.87. The van der Waals surface area contributed by atoms with E-state index in [1.54, 1.807) is 6.07 Å². The maximum atomic E-state index is 11.4. The summed E-state index contributed by atoms with van der Waals surface area (Å²) in [5.74, 6) is -1.30. The summed E-state index contributed by atoms with van der Waals surface area (Å²) in [5, 5.41) is 29.6. The zero-order valence-corrected chi connectivity index (χ0v) is 11.6. The van der Waals surface area contributed by atoms with E-state index in [9.17, 15) is 25.1 Å². The Morgan fingerprint density at radius 1 is 1.43 bits per heavy atom. The predicted molar refractivity (Wildman–Crippen MR) is 75.2 cm³/mol. The van der Waals surface area contributed by atoms with Crippen molar-refractivity contribution >= 4 is 11.7 Å². The summed E-state index contributed by atoms with van der Waals surface area (Å²) < 4.78 is 0. The number of hydrogen-bond donors (Lipinski definition) is 2. The van der Waals surface area contributed by atoms with Crippen molar-refractivity contribution < 1.29 is 19.9 Å². The van der Waals surface area contributed by atoms with E-state index in [1.807, 2.05) is 4.90 Å². The Labute approximate surface area is 122 Å². The molecule has 0 amide bonds. The number of nitrogens with zero attached hydrogens (tertiary/aromatic N) is 2. The second-order valence-corrected chi connectivity index (χ2v) is 5.18. The number of nitro benzene ring substituents is 1. The van der Waals surface area contributed by atoms with Gasteiger partial charge in [0.1, 0.15) is 5.56 Å². The van der Waals surface area contributed by atoms with Gasteiger partial charge in [0.2, 0.25) is 0 Å². The minimum atomic E-state index is -1.30. The van der Waals surface area contributed by atoms with Gasteiger partial charge in [0.15, 0.2) is 0 Å². The van der Waals surface area contributed by atoms with Crippen LogP contribution in [0.5, 0.6) is 0 Å². The van der Waals surface area contributed by atoms with Crippen LogP contribution in [0.3, 0.4) is 0 Å². The topological polar surface area (TPSA) is 104 Å². The normalized spacial score (nSPS) is 19.4. The summed E-state index contributed by atoms with van der Waals surface area (Å²) in [6.07, 6.45) is 2.87. The van der Waals surface area contributed by atoms with Crippen LogP contribution >= 0.6 is 0 Å². The van der Waals surface area contributed by atoms with E-state index in [2.05, 4.69) is 0 Å². The molecule has 114 valence electrons. The van der Waals surface area contributed by atoms with E-state index >= 15 is 0 Å². The molecule has 1 heterocycles. The summed E-state index contributed by atoms with van der Waals surface area (Å²) in [6.45, 7) is 1.07. The van der Waals surface area contributed by atoms with E-state index in [0.717, 1.165) is 25.8 Å². The molecule has 1 aromatic rings. The highest BCUT2D eigenvalue weighted by atomic mass is 16.6. The number of likely N-dealkylation sites (tertiary alicyclic amines) is 1. The molecule has 0 bridgehead atoms. The van der Waals surface area contributed by atoms with Gasteiger partial charge in [-0.3, -0.25) is 15.0 Å². The molecule has 0 saturated carbocycles. The number of rotatable bonds is 5. The lowest BCUT2D eigenvalue weighted by atomic mass is 9.99. The molecule has 1 atom stereocenters. The highest BCUT2D eigenvalue weighted by Crippen LogP contribution is 2.26. The SMILES string of the molecule is O=C(O)c1c(CN2CCCCC2CO)cccc1[N+](=O)[O-]. The van der Waals surface area contributed by atoms with Gasteiger partial charge in [-0.25, -0.2) is 4.79 Å². The molecule has 2 rings (SSSR count). The van der Waals surface area contributed by atoms with Gasteiger partial charge in [0.25, 0.3) is 5.69 Å². The Kier molecular flexibility index (Phi) is 4.87. The van der Waals surface area contributed by atoms with E-state index in [-0.39, 0.29) is 18.2 Å². The molecule has 0 aromatic heterocycles. The van der Waals surface area contributed by atoms with Crippen molar-refractivity contribution in [3.05, 3.63) is 39.4 Å². The second-order valence-electron chi connectivity index (χ2n) is 5.18. The fourth-order valence-corrected chi connectivity index (χ4v) is 2.81. The second kappa shape index (κ2) is 6.64. The number of hydrogen-bond acceptors (Lipinski definition) is 5. The zero-order valence-electron chi connectivity index (χ0n) is 11.6. The molecule has 7 heteroatoms. The largest absolute Gasteiger partial charge is 0.477 e. The number of piperidine rings is 1. The van der Waals surface area contributed by atoms with Crippen molar-refractivity contribution in [2.75, 3.05) is 13.2 Å². The van der Waals surface area contributed by atoms with Crippen LogP contribution in [0, 0.1) is 10.1 Å². The number of aromatic carboxylic acids is 1. The van der Waals surface area contributed by atoms with E-state index < -0.39 is 16.6 Å². The summed E-state index contributed by atoms with van der Waals surface area (Å²) in [4.78, 5) is 23.7. The molecule has 1 aliphatic heterocycles. The first kappa shape index (κ1) is 15.4. The van der Waals surface area contributed by atoms with Gasteiger partial charge < -0.3 is 10.2 Å². The maximum absolute atomic E-state index is 11.4. The number of benzene rings is 1. The predicted octanol–water partition coefficient (Wildman–Crippen LogP) is 1.64. The Balaban J connectivity index is 2.32. The Bertz CT molecular complexity index is 546. The molecule has 1 aliphatic rings. The number of aliphatic hydroxyl groups is 1. The summed E-state index contributed by atoms with van der Waals surface area (Å²) in [7, 11) is 0. The first-order valence-electron chi connectivity index (χ1n) is 6.89. The van der Waals surface area contributed by atoms with Crippen molar-refractivity contribution in [1.29, 1.82) is 0 Å². The van der Waals surface area contributed by atoms with Crippen LogP contribution in [0.1, 0.15) is 35.2 Å². The van der Waals surface area contributed by atoms with Crippen LogP contribution in [0.25, 0.3) is 0 Å². The van der Waals surface area contributed by atoms with E-state index in [1.165, 1.54) is 12.1 Å². The van der Waals surface area contributed by atoms with Crippen molar-refractivity contribution in [2.24, 2.45) is 0 Å². The van der Waals surface area contributed by atoms with Gasteiger partial charge in [-0.2, -0.15) is 0 Å². The molecular formula is C14H18N2O5. The van der Waals surface area contributed by atoms with Crippen LogP contribution in [0.15, 0.2) is 18.2 Å². The fraction of sp³-hybridized carbons (Fsp3) is 0.500. The van der Waals surface area contributed by atoms with Crippen LogP contribution in [0.2, 0.25) is 0 Å². The quantitative estimate of drug-likeness (QED) is 0.632. The lowest BCUT2D eigenvalue weighted by Gasteiger charge is -2.34. The van der Waals surface area contributed by atoms with Crippen LogP contribution in [-0.4, -0.2) is 45.2 Å². The summed E-state index contributed by atoms with van der Waals surface area (Å²) in [6, 6.07) is 4.28. The van der Waals surface area contributed by atoms with Crippen molar-refractivity contribution in [2.45, 2.75) is 31.8 Å². The minimum Gasteiger partial charge on any atom is -0.477 e. The average Bonchev–Trinajstić information content (AvgIpc) is 2.47. The maximum Gasteiger partial charge on any atom is 0.343 e. The first-order valence-corrected chi connectivity index (χ1v) is 6.89. The Morgan fingerprint density at radius 2 is 2.19 bits per heavy atom. The van der Waals surface area contributed by atoms with Crippen molar-refractivity contribution in [1.82, 2.24) is 4.90 Å². The van der Waals surface area contributed by atoms with Gasteiger partial charge >= 0.3 is 5.97 Å². The minimum absolute atomic E-state index is 0.0112. The van der Waals surface area contributed by atoms with Crippen LogP contribution in [0.4, 0.5) is 5.69 Å². The Morgan fingerprint density at radius 3 is 2.81 bits per heavy atom. The number of carboxylic acids is 1. The van der Waals surface area contributed by atoms with Gasteiger partial charge in [-0.05, 0) is 24.9 Å². The number of carboxylic acid groups (broad SMARTS) is 1. The van der Waals surface area contributed by atoms with Crippen molar-refractivity contribution in [3.8, 4) is 0 Å². The molecule has 1 aromatic carbocycles. The molecule has 21 heavy (non-hydrogen) atoms. The Hall–Kier alpha value is -1.99.